The highest BCUT2D eigenvalue weighted by atomic mass is 16.3. The van der Waals surface area contributed by atoms with Gasteiger partial charge in [0.25, 0.3) is 0 Å². The fourth-order valence-electron chi connectivity index (χ4n) is 1.31. The summed E-state index contributed by atoms with van der Waals surface area (Å²) in [6, 6.07) is 0. The van der Waals surface area contributed by atoms with Crippen LogP contribution in [0.2, 0.25) is 0 Å². The maximum atomic E-state index is 9.28. The molecular formula is C12H24O3. The van der Waals surface area contributed by atoms with E-state index in [4.69, 9.17) is 5.11 Å². The van der Waals surface area contributed by atoms with E-state index in [1.165, 1.54) is 0 Å². The van der Waals surface area contributed by atoms with Crippen molar-refractivity contribution in [2.45, 2.75) is 57.7 Å². The number of hydrogen-bond acceptors (Lipinski definition) is 3. The Morgan fingerprint density at radius 3 is 2.40 bits per heavy atom. The minimum Gasteiger partial charge on any atom is -0.396 e. The van der Waals surface area contributed by atoms with Crippen molar-refractivity contribution in [3.63, 3.8) is 0 Å². The molecule has 2 unspecified atom stereocenters. The number of aliphatic hydroxyl groups excluding tert-OH is 3. The van der Waals surface area contributed by atoms with E-state index in [0.717, 1.165) is 25.7 Å². The van der Waals surface area contributed by atoms with Gasteiger partial charge in [-0.25, -0.2) is 0 Å². The summed E-state index contributed by atoms with van der Waals surface area (Å²) in [5.41, 5.74) is 0. The van der Waals surface area contributed by atoms with Crippen LogP contribution in [0.5, 0.6) is 0 Å². The van der Waals surface area contributed by atoms with E-state index in [2.05, 4.69) is 0 Å². The summed E-state index contributed by atoms with van der Waals surface area (Å²) in [7, 11) is 0. The number of hydrogen-bond donors (Lipinski definition) is 3. The summed E-state index contributed by atoms with van der Waals surface area (Å²) < 4.78 is 0. The first-order valence-corrected chi connectivity index (χ1v) is 5.82. The van der Waals surface area contributed by atoms with Gasteiger partial charge >= 0.3 is 0 Å². The Balaban J connectivity index is 3.31. The van der Waals surface area contributed by atoms with Crippen molar-refractivity contribution < 1.29 is 15.3 Å². The fourth-order valence-corrected chi connectivity index (χ4v) is 1.31. The SMILES string of the molecule is CCC(O)CCC/C=C\CC(O)CCO. The average Bonchev–Trinajstić information content (AvgIpc) is 2.23. The van der Waals surface area contributed by atoms with Crippen LogP contribution in [0.15, 0.2) is 12.2 Å². The zero-order valence-electron chi connectivity index (χ0n) is 9.60. The van der Waals surface area contributed by atoms with E-state index >= 15 is 0 Å². The highest BCUT2D eigenvalue weighted by Gasteiger charge is 1.99. The van der Waals surface area contributed by atoms with Crippen molar-refractivity contribution in [1.29, 1.82) is 0 Å². The van der Waals surface area contributed by atoms with Gasteiger partial charge in [0.15, 0.2) is 0 Å². The van der Waals surface area contributed by atoms with Gasteiger partial charge in [-0.2, -0.15) is 0 Å². The predicted octanol–water partition coefficient (Wildman–Crippen LogP) is 1.62. The lowest BCUT2D eigenvalue weighted by Crippen LogP contribution is -2.06. The molecule has 0 bridgehead atoms. The lowest BCUT2D eigenvalue weighted by molar-refractivity contribution is 0.135. The molecule has 0 saturated carbocycles. The normalized spacial score (nSPS) is 15.7. The lowest BCUT2D eigenvalue weighted by atomic mass is 10.1. The van der Waals surface area contributed by atoms with Crippen molar-refractivity contribution in [2.75, 3.05) is 6.61 Å². The summed E-state index contributed by atoms with van der Waals surface area (Å²) in [6.07, 6.45) is 8.03. The first kappa shape index (κ1) is 14.6. The topological polar surface area (TPSA) is 60.7 Å². The van der Waals surface area contributed by atoms with E-state index in [9.17, 15) is 10.2 Å². The van der Waals surface area contributed by atoms with Crippen molar-refractivity contribution >= 4 is 0 Å². The molecule has 0 aliphatic carbocycles. The number of aliphatic hydroxyl groups is 3. The van der Waals surface area contributed by atoms with Crippen molar-refractivity contribution in [3.8, 4) is 0 Å². The second-order valence-electron chi connectivity index (χ2n) is 3.87. The van der Waals surface area contributed by atoms with Gasteiger partial charge < -0.3 is 15.3 Å². The third kappa shape index (κ3) is 9.91. The van der Waals surface area contributed by atoms with Crippen LogP contribution < -0.4 is 0 Å². The predicted molar refractivity (Wildman–Crippen MR) is 61.6 cm³/mol. The molecule has 2 atom stereocenters. The largest absolute Gasteiger partial charge is 0.396 e. The van der Waals surface area contributed by atoms with E-state index < -0.39 is 6.10 Å². The molecule has 0 aromatic carbocycles. The van der Waals surface area contributed by atoms with Crippen LogP contribution in [0, 0.1) is 0 Å². The molecule has 0 aliphatic rings. The van der Waals surface area contributed by atoms with E-state index in [1.54, 1.807) is 0 Å². The van der Waals surface area contributed by atoms with Gasteiger partial charge in [-0.3, -0.25) is 0 Å². The molecule has 0 rings (SSSR count). The van der Waals surface area contributed by atoms with E-state index in [1.807, 2.05) is 19.1 Å². The summed E-state index contributed by atoms with van der Waals surface area (Å²) in [6.45, 7) is 2.02. The van der Waals surface area contributed by atoms with Crippen molar-refractivity contribution in [1.82, 2.24) is 0 Å². The van der Waals surface area contributed by atoms with Gasteiger partial charge in [-0.15, -0.1) is 0 Å². The smallest absolute Gasteiger partial charge is 0.0596 e. The van der Waals surface area contributed by atoms with Crippen LogP contribution in [0.4, 0.5) is 0 Å². The third-order valence-electron chi connectivity index (χ3n) is 2.42. The third-order valence-corrected chi connectivity index (χ3v) is 2.42. The second kappa shape index (κ2) is 10.1. The van der Waals surface area contributed by atoms with Gasteiger partial charge in [0, 0.05) is 6.61 Å². The van der Waals surface area contributed by atoms with Crippen LogP contribution in [-0.4, -0.2) is 34.1 Å². The summed E-state index contributed by atoms with van der Waals surface area (Å²) in [5.74, 6) is 0. The quantitative estimate of drug-likeness (QED) is 0.405. The molecule has 3 N–H and O–H groups in total. The van der Waals surface area contributed by atoms with Crippen LogP contribution in [-0.2, 0) is 0 Å². The number of allylic oxidation sites excluding steroid dienone is 1. The number of unbranched alkanes of at least 4 members (excludes halogenated alkanes) is 1. The van der Waals surface area contributed by atoms with E-state index in [0.29, 0.717) is 12.8 Å². The molecule has 0 radical (unpaired) electrons. The molecular weight excluding hydrogens is 192 g/mol. The summed E-state index contributed by atoms with van der Waals surface area (Å²) >= 11 is 0. The molecule has 15 heavy (non-hydrogen) atoms. The molecule has 0 heterocycles. The zero-order valence-corrected chi connectivity index (χ0v) is 9.60. The molecule has 0 aromatic heterocycles. The van der Waals surface area contributed by atoms with Crippen LogP contribution in [0.3, 0.4) is 0 Å². The Morgan fingerprint density at radius 2 is 1.80 bits per heavy atom. The van der Waals surface area contributed by atoms with Crippen molar-refractivity contribution in [2.24, 2.45) is 0 Å². The molecule has 0 fully saturated rings. The van der Waals surface area contributed by atoms with Crippen molar-refractivity contribution in [3.05, 3.63) is 12.2 Å². The first-order chi connectivity index (χ1) is 7.20. The van der Waals surface area contributed by atoms with E-state index in [-0.39, 0.29) is 12.7 Å². The molecule has 0 aliphatic heterocycles. The lowest BCUT2D eigenvalue weighted by Gasteiger charge is -2.05. The molecule has 0 saturated heterocycles. The molecule has 90 valence electrons. The Morgan fingerprint density at radius 1 is 1.07 bits per heavy atom. The Labute approximate surface area is 92.4 Å². The maximum absolute atomic E-state index is 9.28. The second-order valence-corrected chi connectivity index (χ2v) is 3.87. The van der Waals surface area contributed by atoms with Gasteiger partial charge in [0.2, 0.25) is 0 Å². The Hall–Kier alpha value is -0.380. The number of rotatable bonds is 9. The Kier molecular flexibility index (Phi) is 9.89. The molecule has 3 heteroatoms. The van der Waals surface area contributed by atoms with Gasteiger partial charge in [0.05, 0.1) is 12.2 Å². The zero-order chi connectivity index (χ0) is 11.5. The minimum absolute atomic E-state index is 0.0394. The van der Waals surface area contributed by atoms with Crippen LogP contribution in [0.1, 0.15) is 45.4 Å². The van der Waals surface area contributed by atoms with Crippen LogP contribution >= 0.6 is 0 Å². The first-order valence-electron chi connectivity index (χ1n) is 5.82. The average molecular weight is 216 g/mol. The monoisotopic (exact) mass is 216 g/mol. The van der Waals surface area contributed by atoms with Gasteiger partial charge in [0.1, 0.15) is 0 Å². The van der Waals surface area contributed by atoms with Gasteiger partial charge in [-0.05, 0) is 38.5 Å². The minimum atomic E-state index is -0.424. The standard InChI is InChI=1S/C12H24O3/c1-2-11(14)7-5-3-4-6-8-12(15)9-10-13/h4,6,11-15H,2-3,5,7-10H2,1H3/b6-4-. The fraction of sp³-hybridized carbons (Fsp3) is 0.833. The molecule has 0 spiro atoms. The highest BCUT2D eigenvalue weighted by molar-refractivity contribution is 4.84. The molecule has 0 amide bonds. The summed E-state index contributed by atoms with van der Waals surface area (Å²) in [5, 5.41) is 27.1. The maximum Gasteiger partial charge on any atom is 0.0596 e. The highest BCUT2D eigenvalue weighted by Crippen LogP contribution is 2.05. The Bertz CT molecular complexity index is 157. The molecule has 3 nitrogen and oxygen atoms in total. The van der Waals surface area contributed by atoms with Gasteiger partial charge in [-0.1, -0.05) is 19.1 Å². The summed E-state index contributed by atoms with van der Waals surface area (Å²) in [4.78, 5) is 0. The van der Waals surface area contributed by atoms with Crippen LogP contribution in [0.25, 0.3) is 0 Å². The molecule has 0 aromatic rings.